The summed E-state index contributed by atoms with van der Waals surface area (Å²) in [6, 6.07) is 16.2. The van der Waals surface area contributed by atoms with E-state index in [9.17, 15) is 0 Å². The van der Waals surface area contributed by atoms with Crippen LogP contribution in [0.25, 0.3) is 22.0 Å². The highest BCUT2D eigenvalue weighted by Crippen LogP contribution is 2.28. The van der Waals surface area contributed by atoms with E-state index in [1.807, 2.05) is 36.4 Å². The summed E-state index contributed by atoms with van der Waals surface area (Å²) in [4.78, 5) is 0. The lowest BCUT2D eigenvalue weighted by Crippen LogP contribution is -1.97. The second-order valence-electron chi connectivity index (χ2n) is 4.35. The van der Waals surface area contributed by atoms with Crippen LogP contribution in [-0.2, 0) is 0 Å². The van der Waals surface area contributed by atoms with Gasteiger partial charge in [-0.25, -0.2) is 0 Å². The number of hydrogen-bond donors (Lipinski definition) is 1. The molecule has 0 saturated carbocycles. The van der Waals surface area contributed by atoms with Crippen molar-refractivity contribution in [2.75, 3.05) is 5.73 Å². The van der Waals surface area contributed by atoms with Gasteiger partial charge in [0.05, 0.1) is 0 Å². The molecule has 3 rings (SSSR count). The van der Waals surface area contributed by atoms with Crippen LogP contribution in [0.1, 0.15) is 5.56 Å². The molecule has 2 N–H and O–H groups in total. The van der Waals surface area contributed by atoms with Crippen LogP contribution in [0.3, 0.4) is 0 Å². The Morgan fingerprint density at radius 1 is 0.889 bits per heavy atom. The highest BCUT2D eigenvalue weighted by atomic mass is 15.1. The first-order chi connectivity index (χ1) is 8.75. The molecule has 0 unspecified atom stereocenters. The van der Waals surface area contributed by atoms with Crippen molar-refractivity contribution in [1.29, 1.82) is 0 Å². The van der Waals surface area contributed by atoms with Gasteiger partial charge in [-0.3, -0.25) is 0 Å². The van der Waals surface area contributed by atoms with E-state index in [4.69, 9.17) is 5.73 Å². The van der Waals surface area contributed by atoms with E-state index in [0.717, 1.165) is 22.0 Å². The molecule has 0 amide bonds. The van der Waals surface area contributed by atoms with E-state index < -0.39 is 0 Å². The number of aryl methyl sites for hydroxylation is 1. The molecule has 3 heteroatoms. The van der Waals surface area contributed by atoms with Crippen molar-refractivity contribution in [3.8, 4) is 11.3 Å². The number of nitrogen functional groups attached to an aromatic ring is 1. The Balaban J connectivity index is 2.33. The molecule has 0 spiro atoms. The number of benzene rings is 2. The van der Waals surface area contributed by atoms with Crippen LogP contribution in [-0.4, -0.2) is 10.2 Å². The van der Waals surface area contributed by atoms with Gasteiger partial charge in [-0.05, 0) is 13.0 Å². The lowest BCUT2D eigenvalue weighted by molar-refractivity contribution is 1.07. The molecule has 0 fully saturated rings. The molecule has 0 saturated heterocycles. The first-order valence-corrected chi connectivity index (χ1v) is 5.83. The predicted molar refractivity (Wildman–Crippen MR) is 74.1 cm³/mol. The fourth-order valence-corrected chi connectivity index (χ4v) is 2.13. The van der Waals surface area contributed by atoms with Gasteiger partial charge >= 0.3 is 0 Å². The third-order valence-electron chi connectivity index (χ3n) is 3.01. The van der Waals surface area contributed by atoms with E-state index in [0.29, 0.717) is 5.82 Å². The van der Waals surface area contributed by atoms with Gasteiger partial charge in [-0.1, -0.05) is 48.0 Å². The van der Waals surface area contributed by atoms with Crippen LogP contribution >= 0.6 is 0 Å². The first kappa shape index (κ1) is 10.7. The van der Waals surface area contributed by atoms with Gasteiger partial charge in [0.15, 0.2) is 5.82 Å². The first-order valence-electron chi connectivity index (χ1n) is 5.83. The molecular formula is C15H13N3. The Morgan fingerprint density at radius 2 is 1.67 bits per heavy atom. The standard InChI is InChI=1S/C15H13N3/c1-10-5-4-6-11(9-10)14-12-7-2-3-8-13(12)15(16)18-17-14/h2-9H,1H3,(H2,16,18). The Labute approximate surface area is 105 Å². The zero-order chi connectivity index (χ0) is 12.5. The molecule has 2 aromatic carbocycles. The zero-order valence-corrected chi connectivity index (χ0v) is 10.1. The van der Waals surface area contributed by atoms with Crippen molar-refractivity contribution in [2.45, 2.75) is 6.92 Å². The SMILES string of the molecule is Cc1cccc(-c2nnc(N)c3ccccc23)c1. The van der Waals surface area contributed by atoms with Gasteiger partial charge in [-0.15, -0.1) is 10.2 Å². The van der Waals surface area contributed by atoms with Gasteiger partial charge in [0.2, 0.25) is 0 Å². The van der Waals surface area contributed by atoms with Crippen LogP contribution in [0.2, 0.25) is 0 Å². The molecule has 1 aromatic heterocycles. The van der Waals surface area contributed by atoms with Crippen LogP contribution in [0.4, 0.5) is 5.82 Å². The molecule has 0 bridgehead atoms. The summed E-state index contributed by atoms with van der Waals surface area (Å²) < 4.78 is 0. The minimum absolute atomic E-state index is 0.474. The molecule has 88 valence electrons. The van der Waals surface area contributed by atoms with Gasteiger partial charge in [-0.2, -0.15) is 0 Å². The van der Waals surface area contributed by atoms with Gasteiger partial charge in [0, 0.05) is 16.3 Å². The molecule has 0 aliphatic carbocycles. The van der Waals surface area contributed by atoms with Gasteiger partial charge < -0.3 is 5.73 Å². The lowest BCUT2D eigenvalue weighted by Gasteiger charge is -2.07. The molecular weight excluding hydrogens is 222 g/mol. The van der Waals surface area contributed by atoms with Crippen LogP contribution in [0, 0.1) is 6.92 Å². The van der Waals surface area contributed by atoms with E-state index in [1.165, 1.54) is 5.56 Å². The smallest absolute Gasteiger partial charge is 0.154 e. The average molecular weight is 235 g/mol. The summed E-state index contributed by atoms with van der Waals surface area (Å²) >= 11 is 0. The topological polar surface area (TPSA) is 51.8 Å². The van der Waals surface area contributed by atoms with Crippen molar-refractivity contribution in [3.63, 3.8) is 0 Å². The van der Waals surface area contributed by atoms with Crippen molar-refractivity contribution in [3.05, 3.63) is 54.1 Å². The molecule has 3 nitrogen and oxygen atoms in total. The molecule has 18 heavy (non-hydrogen) atoms. The fraction of sp³-hybridized carbons (Fsp3) is 0.0667. The maximum Gasteiger partial charge on any atom is 0.154 e. The largest absolute Gasteiger partial charge is 0.382 e. The van der Waals surface area contributed by atoms with Gasteiger partial charge in [0.1, 0.15) is 5.69 Å². The van der Waals surface area contributed by atoms with Crippen molar-refractivity contribution in [1.82, 2.24) is 10.2 Å². The summed E-state index contributed by atoms with van der Waals surface area (Å²) in [5, 5.41) is 10.3. The van der Waals surface area contributed by atoms with Crippen molar-refractivity contribution in [2.24, 2.45) is 0 Å². The lowest BCUT2D eigenvalue weighted by atomic mass is 10.0. The number of nitrogens with two attached hydrogens (primary N) is 1. The molecule has 3 aromatic rings. The summed E-state index contributed by atoms with van der Waals surface area (Å²) in [6.07, 6.45) is 0. The maximum absolute atomic E-state index is 5.86. The van der Waals surface area contributed by atoms with E-state index in [1.54, 1.807) is 0 Å². The summed E-state index contributed by atoms with van der Waals surface area (Å²) in [6.45, 7) is 2.07. The highest BCUT2D eigenvalue weighted by Gasteiger charge is 2.08. The van der Waals surface area contributed by atoms with Crippen molar-refractivity contribution < 1.29 is 0 Å². The third kappa shape index (κ3) is 1.70. The Hall–Kier alpha value is -2.42. The summed E-state index contributed by atoms with van der Waals surface area (Å²) in [5.74, 6) is 0.474. The predicted octanol–water partition coefficient (Wildman–Crippen LogP) is 3.19. The van der Waals surface area contributed by atoms with Crippen molar-refractivity contribution >= 4 is 16.6 Å². The number of hydrogen-bond acceptors (Lipinski definition) is 3. The second kappa shape index (κ2) is 4.11. The maximum atomic E-state index is 5.86. The average Bonchev–Trinajstić information content (AvgIpc) is 2.39. The minimum atomic E-state index is 0.474. The van der Waals surface area contributed by atoms with Crippen LogP contribution < -0.4 is 5.73 Å². The van der Waals surface area contributed by atoms with Crippen LogP contribution in [0.15, 0.2) is 48.5 Å². The molecule has 0 aliphatic heterocycles. The Kier molecular flexibility index (Phi) is 2.45. The number of anilines is 1. The van der Waals surface area contributed by atoms with Gasteiger partial charge in [0.25, 0.3) is 0 Å². The monoisotopic (exact) mass is 235 g/mol. The molecule has 0 radical (unpaired) electrons. The minimum Gasteiger partial charge on any atom is -0.382 e. The summed E-state index contributed by atoms with van der Waals surface area (Å²) in [7, 11) is 0. The van der Waals surface area contributed by atoms with E-state index >= 15 is 0 Å². The van der Waals surface area contributed by atoms with E-state index in [2.05, 4.69) is 29.3 Å². The summed E-state index contributed by atoms with van der Waals surface area (Å²) in [5.41, 5.74) is 9.01. The number of nitrogens with zero attached hydrogens (tertiary/aromatic N) is 2. The Morgan fingerprint density at radius 3 is 2.44 bits per heavy atom. The molecule has 0 aliphatic rings. The molecule has 0 atom stereocenters. The normalized spacial score (nSPS) is 10.7. The number of fused-ring (bicyclic) bond motifs is 1. The quantitative estimate of drug-likeness (QED) is 0.704. The second-order valence-corrected chi connectivity index (χ2v) is 4.35. The molecule has 1 heterocycles. The number of aromatic nitrogens is 2. The number of rotatable bonds is 1. The van der Waals surface area contributed by atoms with E-state index in [-0.39, 0.29) is 0 Å². The zero-order valence-electron chi connectivity index (χ0n) is 10.1. The highest BCUT2D eigenvalue weighted by molar-refractivity contribution is 5.99. The Bertz CT molecular complexity index is 720. The van der Waals surface area contributed by atoms with Crippen LogP contribution in [0.5, 0.6) is 0 Å². The fourth-order valence-electron chi connectivity index (χ4n) is 2.13. The third-order valence-corrected chi connectivity index (χ3v) is 3.01.